The molecule has 0 saturated carbocycles. The van der Waals surface area contributed by atoms with Crippen LogP contribution in [0.4, 0.5) is 5.13 Å². The molecule has 0 bridgehead atoms. The molecule has 3 nitrogen and oxygen atoms in total. The predicted octanol–water partition coefficient (Wildman–Crippen LogP) is 2.19. The van der Waals surface area contributed by atoms with Gasteiger partial charge in [0.05, 0.1) is 5.69 Å². The molecule has 1 aliphatic rings. The standard InChI is InChI=1S/C11H19N3S2/c1-9(2)12-7-10-8-16-11(13-10)14-3-5-15-6-4-14/h8-9,12H,3-7H2,1-2H3. The smallest absolute Gasteiger partial charge is 0.185 e. The van der Waals surface area contributed by atoms with Gasteiger partial charge in [0, 0.05) is 42.6 Å². The minimum absolute atomic E-state index is 0.525. The van der Waals surface area contributed by atoms with Crippen LogP contribution in [0.25, 0.3) is 0 Å². The molecular weight excluding hydrogens is 238 g/mol. The second-order valence-corrected chi connectivity index (χ2v) is 6.32. The van der Waals surface area contributed by atoms with Crippen LogP contribution in [0.15, 0.2) is 5.38 Å². The van der Waals surface area contributed by atoms with Gasteiger partial charge in [-0.05, 0) is 0 Å². The lowest BCUT2D eigenvalue weighted by Crippen LogP contribution is -2.32. The van der Waals surface area contributed by atoms with Crippen molar-refractivity contribution in [1.29, 1.82) is 0 Å². The van der Waals surface area contributed by atoms with Crippen molar-refractivity contribution >= 4 is 28.2 Å². The summed E-state index contributed by atoms with van der Waals surface area (Å²) in [5.74, 6) is 2.47. The highest BCUT2D eigenvalue weighted by atomic mass is 32.2. The fourth-order valence-electron chi connectivity index (χ4n) is 1.59. The molecule has 90 valence electrons. The lowest BCUT2D eigenvalue weighted by atomic mass is 10.4. The van der Waals surface area contributed by atoms with Crippen LogP contribution < -0.4 is 10.2 Å². The molecule has 1 aliphatic heterocycles. The van der Waals surface area contributed by atoms with Crippen molar-refractivity contribution in [3.8, 4) is 0 Å². The number of hydrogen-bond acceptors (Lipinski definition) is 5. The van der Waals surface area contributed by atoms with Crippen molar-refractivity contribution in [1.82, 2.24) is 10.3 Å². The summed E-state index contributed by atoms with van der Waals surface area (Å²) in [7, 11) is 0. The zero-order valence-corrected chi connectivity index (χ0v) is 11.5. The molecule has 2 rings (SSSR count). The highest BCUT2D eigenvalue weighted by Crippen LogP contribution is 2.23. The molecule has 0 spiro atoms. The molecule has 1 saturated heterocycles. The maximum atomic E-state index is 4.68. The fourth-order valence-corrected chi connectivity index (χ4v) is 3.37. The molecule has 1 aromatic rings. The molecule has 1 fully saturated rings. The third kappa shape index (κ3) is 3.37. The summed E-state index contributed by atoms with van der Waals surface area (Å²) in [5.41, 5.74) is 1.17. The van der Waals surface area contributed by atoms with Crippen LogP contribution >= 0.6 is 23.1 Å². The number of nitrogens with one attached hydrogen (secondary N) is 1. The number of thiazole rings is 1. The number of aromatic nitrogens is 1. The van der Waals surface area contributed by atoms with Gasteiger partial charge in [-0.15, -0.1) is 11.3 Å². The van der Waals surface area contributed by atoms with Gasteiger partial charge in [0.25, 0.3) is 0 Å². The zero-order valence-electron chi connectivity index (χ0n) is 9.90. The number of hydrogen-bond donors (Lipinski definition) is 1. The summed E-state index contributed by atoms with van der Waals surface area (Å²) in [6.07, 6.45) is 0. The summed E-state index contributed by atoms with van der Waals surface area (Å²) in [4.78, 5) is 7.08. The molecule has 5 heteroatoms. The summed E-state index contributed by atoms with van der Waals surface area (Å²) >= 11 is 3.81. The van der Waals surface area contributed by atoms with Crippen molar-refractivity contribution in [2.24, 2.45) is 0 Å². The van der Waals surface area contributed by atoms with Gasteiger partial charge in [0.1, 0.15) is 0 Å². The average molecular weight is 257 g/mol. The Morgan fingerprint density at radius 2 is 2.19 bits per heavy atom. The van der Waals surface area contributed by atoms with Gasteiger partial charge in [0.15, 0.2) is 5.13 Å². The normalized spacial score (nSPS) is 17.1. The zero-order chi connectivity index (χ0) is 11.4. The highest BCUT2D eigenvalue weighted by Gasteiger charge is 2.14. The molecule has 0 amide bonds. The Kier molecular flexibility index (Phi) is 4.49. The minimum atomic E-state index is 0.525. The quantitative estimate of drug-likeness (QED) is 0.895. The van der Waals surface area contributed by atoms with E-state index in [-0.39, 0.29) is 0 Å². The van der Waals surface area contributed by atoms with E-state index < -0.39 is 0 Å². The molecule has 1 aromatic heterocycles. The second-order valence-electron chi connectivity index (χ2n) is 4.26. The van der Waals surface area contributed by atoms with E-state index in [2.05, 4.69) is 34.4 Å². The van der Waals surface area contributed by atoms with Crippen LogP contribution in [0, 0.1) is 0 Å². The molecular formula is C11H19N3S2. The molecule has 0 aromatic carbocycles. The van der Waals surface area contributed by atoms with Crippen LogP contribution in [0.5, 0.6) is 0 Å². The van der Waals surface area contributed by atoms with Crippen LogP contribution in [0.3, 0.4) is 0 Å². The van der Waals surface area contributed by atoms with Crippen molar-refractivity contribution < 1.29 is 0 Å². The van der Waals surface area contributed by atoms with Gasteiger partial charge in [-0.2, -0.15) is 11.8 Å². The first-order chi connectivity index (χ1) is 7.75. The van der Waals surface area contributed by atoms with Gasteiger partial charge >= 0.3 is 0 Å². The van der Waals surface area contributed by atoms with Crippen LogP contribution in [-0.2, 0) is 6.54 Å². The topological polar surface area (TPSA) is 28.2 Å². The monoisotopic (exact) mass is 257 g/mol. The Morgan fingerprint density at radius 3 is 2.88 bits per heavy atom. The number of rotatable bonds is 4. The predicted molar refractivity (Wildman–Crippen MR) is 73.6 cm³/mol. The Hall–Kier alpha value is -0.260. The number of thioether (sulfide) groups is 1. The summed E-state index contributed by atoms with van der Waals surface area (Å²) in [6, 6.07) is 0.525. The third-order valence-electron chi connectivity index (χ3n) is 2.51. The largest absolute Gasteiger partial charge is 0.346 e. The van der Waals surface area contributed by atoms with Gasteiger partial charge in [0.2, 0.25) is 0 Å². The summed E-state index contributed by atoms with van der Waals surface area (Å²) < 4.78 is 0. The second kappa shape index (κ2) is 5.89. The molecule has 1 N–H and O–H groups in total. The first-order valence-corrected chi connectivity index (χ1v) is 7.79. The first-order valence-electron chi connectivity index (χ1n) is 5.76. The lowest BCUT2D eigenvalue weighted by Gasteiger charge is -2.25. The van der Waals surface area contributed by atoms with Crippen molar-refractivity contribution in [3.05, 3.63) is 11.1 Å². The molecule has 0 atom stereocenters. The van der Waals surface area contributed by atoms with Gasteiger partial charge < -0.3 is 10.2 Å². The van der Waals surface area contributed by atoms with E-state index >= 15 is 0 Å². The van der Waals surface area contributed by atoms with E-state index in [4.69, 9.17) is 0 Å². The minimum Gasteiger partial charge on any atom is -0.346 e. The van der Waals surface area contributed by atoms with Gasteiger partial charge in [-0.1, -0.05) is 13.8 Å². The number of nitrogens with zero attached hydrogens (tertiary/aromatic N) is 2. The van der Waals surface area contributed by atoms with E-state index in [1.54, 1.807) is 11.3 Å². The Labute approximate surface area is 106 Å². The maximum absolute atomic E-state index is 4.68. The van der Waals surface area contributed by atoms with Crippen molar-refractivity contribution in [2.75, 3.05) is 29.5 Å². The third-order valence-corrected chi connectivity index (χ3v) is 4.41. The van der Waals surface area contributed by atoms with Crippen molar-refractivity contribution in [3.63, 3.8) is 0 Å². The molecule has 2 heterocycles. The van der Waals surface area contributed by atoms with E-state index in [1.807, 2.05) is 11.8 Å². The van der Waals surface area contributed by atoms with Gasteiger partial charge in [-0.3, -0.25) is 0 Å². The van der Waals surface area contributed by atoms with E-state index in [0.29, 0.717) is 6.04 Å². The molecule has 0 radical (unpaired) electrons. The first kappa shape index (κ1) is 12.2. The molecule has 16 heavy (non-hydrogen) atoms. The highest BCUT2D eigenvalue weighted by molar-refractivity contribution is 7.99. The lowest BCUT2D eigenvalue weighted by molar-refractivity contribution is 0.583. The molecule has 0 aliphatic carbocycles. The maximum Gasteiger partial charge on any atom is 0.185 e. The van der Waals surface area contributed by atoms with Crippen LogP contribution in [-0.4, -0.2) is 35.6 Å². The van der Waals surface area contributed by atoms with E-state index in [9.17, 15) is 0 Å². The van der Waals surface area contributed by atoms with Crippen LogP contribution in [0.2, 0.25) is 0 Å². The average Bonchev–Trinajstić information content (AvgIpc) is 2.76. The van der Waals surface area contributed by atoms with E-state index in [1.165, 1.54) is 22.3 Å². The van der Waals surface area contributed by atoms with Crippen molar-refractivity contribution in [2.45, 2.75) is 26.4 Å². The Morgan fingerprint density at radius 1 is 1.44 bits per heavy atom. The van der Waals surface area contributed by atoms with Crippen LogP contribution in [0.1, 0.15) is 19.5 Å². The summed E-state index contributed by atoms with van der Waals surface area (Å²) in [5, 5.41) is 6.77. The SMILES string of the molecule is CC(C)NCc1csc(N2CCSCC2)n1. The fraction of sp³-hybridized carbons (Fsp3) is 0.727. The number of anilines is 1. The van der Waals surface area contributed by atoms with Gasteiger partial charge in [-0.25, -0.2) is 4.98 Å². The Bertz CT molecular complexity index is 319. The molecule has 0 unspecified atom stereocenters. The Balaban J connectivity index is 1.90. The summed E-state index contributed by atoms with van der Waals surface area (Å²) in [6.45, 7) is 7.51. The van der Waals surface area contributed by atoms with E-state index in [0.717, 1.165) is 19.6 Å².